The third kappa shape index (κ3) is 2.14. The number of anilines is 1. The van der Waals surface area contributed by atoms with Gasteiger partial charge in [-0.05, 0) is 24.6 Å². The van der Waals surface area contributed by atoms with E-state index >= 15 is 0 Å². The summed E-state index contributed by atoms with van der Waals surface area (Å²) < 4.78 is 0. The minimum absolute atomic E-state index is 0.328. The monoisotopic (exact) mass is 218 g/mol. The second-order valence-corrected chi connectivity index (χ2v) is 3.74. The Morgan fingerprint density at radius 3 is 2.81 bits per heavy atom. The molecule has 5 N–H and O–H groups in total. The number of hydrogen-bond acceptors (Lipinski definition) is 3. The molecular formula is C11H14N4O. The van der Waals surface area contributed by atoms with Crippen LogP contribution >= 0.6 is 0 Å². The summed E-state index contributed by atoms with van der Waals surface area (Å²) >= 11 is 0. The Morgan fingerprint density at radius 1 is 1.38 bits per heavy atom. The zero-order valence-electron chi connectivity index (χ0n) is 8.95. The molecule has 0 bridgehead atoms. The Bertz CT molecular complexity index is 443. The first-order valence-electron chi connectivity index (χ1n) is 4.98. The summed E-state index contributed by atoms with van der Waals surface area (Å²) in [5, 5.41) is 8.16. The number of amides is 2. The summed E-state index contributed by atoms with van der Waals surface area (Å²) in [5.74, 6) is -1.05. The molecule has 0 spiro atoms. The molecule has 1 atom stereocenters. The molecule has 5 nitrogen and oxygen atoms in total. The van der Waals surface area contributed by atoms with Crippen LogP contribution in [0.4, 0.5) is 10.5 Å². The maximum atomic E-state index is 11.2. The molecule has 1 unspecified atom stereocenters. The number of nitrogens with two attached hydrogens (primary N) is 1. The lowest BCUT2D eigenvalue weighted by Crippen LogP contribution is -2.64. The second kappa shape index (κ2) is 3.86. The Hall–Kier alpha value is -2.01. The molecule has 1 aromatic rings. The van der Waals surface area contributed by atoms with Gasteiger partial charge in [0, 0.05) is 11.9 Å². The van der Waals surface area contributed by atoms with Crippen molar-refractivity contribution in [2.24, 2.45) is 5.73 Å². The van der Waals surface area contributed by atoms with Gasteiger partial charge in [0.1, 0.15) is 0 Å². The van der Waals surface area contributed by atoms with Crippen LogP contribution in [0.2, 0.25) is 0 Å². The molecule has 0 fully saturated rings. The van der Waals surface area contributed by atoms with Gasteiger partial charge in [0.25, 0.3) is 0 Å². The lowest BCUT2D eigenvalue weighted by Gasteiger charge is -2.32. The molecule has 0 saturated carbocycles. The normalized spacial score (nSPS) is 23.5. The van der Waals surface area contributed by atoms with Crippen molar-refractivity contribution >= 4 is 11.7 Å². The summed E-state index contributed by atoms with van der Waals surface area (Å²) in [6.07, 6.45) is 3.17. The Labute approximate surface area is 93.7 Å². The van der Waals surface area contributed by atoms with E-state index in [-0.39, 0.29) is 6.03 Å². The van der Waals surface area contributed by atoms with Crippen LogP contribution in [0.15, 0.2) is 36.5 Å². The SMILES string of the molecule is Cc1ccccc1NC1(N)C=CNC(=O)N1. The van der Waals surface area contributed by atoms with Crippen molar-refractivity contribution in [1.29, 1.82) is 0 Å². The molecule has 0 saturated heterocycles. The van der Waals surface area contributed by atoms with E-state index in [0.717, 1.165) is 11.3 Å². The molecule has 5 heteroatoms. The van der Waals surface area contributed by atoms with Gasteiger partial charge in [0.05, 0.1) is 0 Å². The smallest absolute Gasteiger partial charge is 0.321 e. The lowest BCUT2D eigenvalue weighted by molar-refractivity contribution is 0.235. The second-order valence-electron chi connectivity index (χ2n) is 3.74. The first-order valence-corrected chi connectivity index (χ1v) is 4.98. The molecule has 16 heavy (non-hydrogen) atoms. The third-order valence-electron chi connectivity index (χ3n) is 2.37. The Morgan fingerprint density at radius 2 is 2.12 bits per heavy atom. The highest BCUT2D eigenvalue weighted by Gasteiger charge is 2.26. The van der Waals surface area contributed by atoms with Crippen LogP contribution in [0.1, 0.15) is 5.56 Å². The van der Waals surface area contributed by atoms with Crippen molar-refractivity contribution in [1.82, 2.24) is 10.6 Å². The van der Waals surface area contributed by atoms with Crippen molar-refractivity contribution in [2.75, 3.05) is 5.32 Å². The summed E-state index contributed by atoms with van der Waals surface area (Å²) in [7, 11) is 0. The third-order valence-corrected chi connectivity index (χ3v) is 2.37. The van der Waals surface area contributed by atoms with Gasteiger partial charge in [0.2, 0.25) is 0 Å². The molecule has 0 aliphatic carbocycles. The number of carbonyl (C=O) groups excluding carboxylic acids is 1. The average Bonchev–Trinajstić information content (AvgIpc) is 2.21. The molecule has 1 aliphatic heterocycles. The molecule has 1 heterocycles. The van der Waals surface area contributed by atoms with Crippen molar-refractivity contribution < 1.29 is 4.79 Å². The van der Waals surface area contributed by atoms with E-state index in [1.807, 2.05) is 31.2 Å². The number of urea groups is 1. The number of nitrogens with one attached hydrogen (secondary N) is 3. The van der Waals surface area contributed by atoms with Gasteiger partial charge in [-0.1, -0.05) is 18.2 Å². The van der Waals surface area contributed by atoms with Crippen molar-refractivity contribution in [2.45, 2.75) is 12.7 Å². The zero-order chi connectivity index (χ0) is 11.6. The molecule has 1 aliphatic rings. The van der Waals surface area contributed by atoms with E-state index in [4.69, 9.17) is 5.73 Å². The zero-order valence-corrected chi connectivity index (χ0v) is 8.95. The summed E-state index contributed by atoms with van der Waals surface area (Å²) in [4.78, 5) is 11.2. The molecule has 2 amide bonds. The van der Waals surface area contributed by atoms with Crippen LogP contribution in [0.25, 0.3) is 0 Å². The fraction of sp³-hybridized carbons (Fsp3) is 0.182. The standard InChI is InChI=1S/C11H14N4O/c1-8-4-2-3-5-9(8)14-11(12)6-7-13-10(16)15-11/h2-7,14H,12H2,1H3,(H2,13,15,16). The quantitative estimate of drug-likeness (QED) is 0.555. The van der Waals surface area contributed by atoms with Gasteiger partial charge in [-0.15, -0.1) is 0 Å². The van der Waals surface area contributed by atoms with Gasteiger partial charge in [-0.2, -0.15) is 0 Å². The number of para-hydroxylation sites is 1. The van der Waals surface area contributed by atoms with Gasteiger partial charge in [-0.3, -0.25) is 11.1 Å². The topological polar surface area (TPSA) is 79.2 Å². The van der Waals surface area contributed by atoms with Gasteiger partial charge in [0.15, 0.2) is 5.79 Å². The van der Waals surface area contributed by atoms with Gasteiger partial charge in [-0.25, -0.2) is 4.79 Å². The highest BCUT2D eigenvalue weighted by atomic mass is 16.2. The largest absolute Gasteiger partial charge is 0.347 e. The van der Waals surface area contributed by atoms with Crippen molar-refractivity contribution in [3.63, 3.8) is 0 Å². The van der Waals surface area contributed by atoms with E-state index < -0.39 is 5.79 Å². The molecule has 0 aromatic heterocycles. The van der Waals surface area contributed by atoms with Gasteiger partial charge < -0.3 is 10.6 Å². The lowest BCUT2D eigenvalue weighted by atomic mass is 10.2. The summed E-state index contributed by atoms with van der Waals surface area (Å²) in [6, 6.07) is 7.40. The van der Waals surface area contributed by atoms with Crippen molar-refractivity contribution in [3.05, 3.63) is 42.1 Å². The van der Waals surface area contributed by atoms with E-state index in [2.05, 4.69) is 16.0 Å². The minimum atomic E-state index is -1.05. The maximum absolute atomic E-state index is 11.2. The number of hydrogen-bond donors (Lipinski definition) is 4. The van der Waals surface area contributed by atoms with E-state index in [9.17, 15) is 4.79 Å². The van der Waals surface area contributed by atoms with Crippen LogP contribution in [-0.2, 0) is 0 Å². The molecular weight excluding hydrogens is 204 g/mol. The molecule has 2 rings (SSSR count). The maximum Gasteiger partial charge on any atom is 0.321 e. The fourth-order valence-electron chi connectivity index (χ4n) is 1.52. The van der Waals surface area contributed by atoms with E-state index in [1.165, 1.54) is 6.20 Å². The van der Waals surface area contributed by atoms with Crippen molar-refractivity contribution in [3.8, 4) is 0 Å². The fourth-order valence-corrected chi connectivity index (χ4v) is 1.52. The van der Waals surface area contributed by atoms with Gasteiger partial charge >= 0.3 is 6.03 Å². The number of rotatable bonds is 2. The predicted molar refractivity (Wildman–Crippen MR) is 62.5 cm³/mol. The highest BCUT2D eigenvalue weighted by molar-refractivity contribution is 5.78. The first-order chi connectivity index (χ1) is 7.59. The van der Waals surface area contributed by atoms with Crippen LogP contribution in [0.5, 0.6) is 0 Å². The molecule has 84 valence electrons. The van der Waals surface area contributed by atoms with E-state index in [0.29, 0.717) is 0 Å². The molecule has 0 radical (unpaired) electrons. The van der Waals surface area contributed by atoms with Crippen LogP contribution in [-0.4, -0.2) is 11.8 Å². The average molecular weight is 218 g/mol. The first kappa shape index (κ1) is 10.5. The van der Waals surface area contributed by atoms with Crippen LogP contribution in [0.3, 0.4) is 0 Å². The Balaban J connectivity index is 2.21. The van der Waals surface area contributed by atoms with E-state index in [1.54, 1.807) is 6.08 Å². The highest BCUT2D eigenvalue weighted by Crippen LogP contribution is 2.16. The number of benzene rings is 1. The van der Waals surface area contributed by atoms with Crippen LogP contribution in [0, 0.1) is 6.92 Å². The summed E-state index contributed by atoms with van der Waals surface area (Å²) in [5.41, 5.74) is 7.93. The van der Waals surface area contributed by atoms with Crippen LogP contribution < -0.4 is 21.7 Å². The Kier molecular flexibility index (Phi) is 2.54. The number of aryl methyl sites for hydroxylation is 1. The summed E-state index contributed by atoms with van der Waals surface area (Å²) in [6.45, 7) is 1.97. The predicted octanol–water partition coefficient (Wildman–Crippen LogP) is 0.846. The number of carbonyl (C=O) groups is 1. The minimum Gasteiger partial charge on any atom is -0.347 e. The molecule has 1 aromatic carbocycles.